The summed E-state index contributed by atoms with van der Waals surface area (Å²) in [6, 6.07) is 7.51. The van der Waals surface area contributed by atoms with Gasteiger partial charge in [-0.3, -0.25) is 9.59 Å². The number of benzene rings is 1. The maximum absolute atomic E-state index is 11.6. The first kappa shape index (κ1) is 20.4. The molecule has 0 radical (unpaired) electrons. The van der Waals surface area contributed by atoms with Crippen LogP contribution in [0.5, 0.6) is 0 Å². The van der Waals surface area contributed by atoms with Gasteiger partial charge in [0.05, 0.1) is 0 Å². The second-order valence-corrected chi connectivity index (χ2v) is 5.32. The van der Waals surface area contributed by atoms with Gasteiger partial charge in [0.15, 0.2) is 0 Å². The largest absolute Gasteiger partial charge is 0.352 e. The molecule has 0 atom stereocenters. The van der Waals surface area contributed by atoms with E-state index in [0.717, 1.165) is 24.2 Å². The molecule has 0 aliphatic rings. The molecule has 0 saturated heterocycles. The van der Waals surface area contributed by atoms with Crippen LogP contribution in [0.25, 0.3) is 0 Å². The molecule has 1 aromatic carbocycles. The summed E-state index contributed by atoms with van der Waals surface area (Å²) in [6.07, 6.45) is 1.37. The summed E-state index contributed by atoms with van der Waals surface area (Å²) in [6.45, 7) is 5.06. The molecule has 6 heteroatoms. The number of hydrogen-bond acceptors (Lipinski definition) is 3. The Bertz CT molecular complexity index is 461. The molecule has 0 aromatic heterocycles. The SMILES string of the molecule is CNCCCC(=O)NCc1ccc(NC(=O)C(C)C)cc1.Cl. The Morgan fingerprint density at radius 1 is 1.14 bits per heavy atom. The van der Waals surface area contributed by atoms with Crippen molar-refractivity contribution in [3.63, 3.8) is 0 Å². The first-order chi connectivity index (χ1) is 10.0. The fraction of sp³-hybridized carbons (Fsp3) is 0.500. The van der Waals surface area contributed by atoms with Crippen molar-refractivity contribution in [1.82, 2.24) is 10.6 Å². The maximum Gasteiger partial charge on any atom is 0.226 e. The zero-order valence-electron chi connectivity index (χ0n) is 13.4. The third-order valence-corrected chi connectivity index (χ3v) is 3.07. The van der Waals surface area contributed by atoms with Gasteiger partial charge in [0.25, 0.3) is 0 Å². The standard InChI is InChI=1S/C16H25N3O2.ClH/c1-12(2)16(21)19-14-8-6-13(7-9-14)11-18-15(20)5-4-10-17-3;/h6-9,12,17H,4-5,10-11H2,1-3H3,(H,18,20)(H,19,21);1H. The molecule has 22 heavy (non-hydrogen) atoms. The molecule has 3 N–H and O–H groups in total. The van der Waals surface area contributed by atoms with E-state index >= 15 is 0 Å². The van der Waals surface area contributed by atoms with Crippen molar-refractivity contribution < 1.29 is 9.59 Å². The number of halogens is 1. The molecule has 0 heterocycles. The second-order valence-electron chi connectivity index (χ2n) is 5.32. The summed E-state index contributed by atoms with van der Waals surface area (Å²) in [7, 11) is 1.87. The van der Waals surface area contributed by atoms with Gasteiger partial charge in [0, 0.05) is 24.6 Å². The minimum atomic E-state index is -0.0402. The minimum Gasteiger partial charge on any atom is -0.352 e. The van der Waals surface area contributed by atoms with Gasteiger partial charge in [-0.1, -0.05) is 26.0 Å². The average molecular weight is 328 g/mol. The smallest absolute Gasteiger partial charge is 0.226 e. The van der Waals surface area contributed by atoms with Gasteiger partial charge in [0.2, 0.25) is 11.8 Å². The molecule has 0 fully saturated rings. The molecule has 1 aromatic rings. The van der Waals surface area contributed by atoms with E-state index < -0.39 is 0 Å². The van der Waals surface area contributed by atoms with E-state index in [1.54, 1.807) is 0 Å². The fourth-order valence-electron chi connectivity index (χ4n) is 1.71. The molecule has 0 aliphatic heterocycles. The highest BCUT2D eigenvalue weighted by atomic mass is 35.5. The lowest BCUT2D eigenvalue weighted by Gasteiger charge is -2.09. The molecule has 0 saturated carbocycles. The zero-order valence-corrected chi connectivity index (χ0v) is 14.3. The van der Waals surface area contributed by atoms with Crippen LogP contribution < -0.4 is 16.0 Å². The van der Waals surface area contributed by atoms with Crippen LogP contribution in [0.3, 0.4) is 0 Å². The van der Waals surface area contributed by atoms with Crippen LogP contribution in [0, 0.1) is 5.92 Å². The van der Waals surface area contributed by atoms with E-state index in [-0.39, 0.29) is 30.1 Å². The average Bonchev–Trinajstić information content (AvgIpc) is 2.46. The number of carbonyl (C=O) groups excluding carboxylic acids is 2. The van der Waals surface area contributed by atoms with Crippen LogP contribution in [-0.2, 0) is 16.1 Å². The molecule has 1 rings (SSSR count). The molecule has 0 bridgehead atoms. The molecule has 124 valence electrons. The van der Waals surface area contributed by atoms with Crippen LogP contribution in [0.2, 0.25) is 0 Å². The maximum atomic E-state index is 11.6. The Balaban J connectivity index is 0.00000441. The number of amides is 2. The number of rotatable bonds is 8. The first-order valence-corrected chi connectivity index (χ1v) is 7.34. The van der Waals surface area contributed by atoms with Crippen LogP contribution in [-0.4, -0.2) is 25.4 Å². The lowest BCUT2D eigenvalue weighted by molar-refractivity contribution is -0.121. The quantitative estimate of drug-likeness (QED) is 0.642. The van der Waals surface area contributed by atoms with Crippen molar-refractivity contribution in [2.75, 3.05) is 18.9 Å². The van der Waals surface area contributed by atoms with Crippen molar-refractivity contribution in [1.29, 1.82) is 0 Å². The molecule has 0 spiro atoms. The molecule has 2 amide bonds. The van der Waals surface area contributed by atoms with E-state index in [9.17, 15) is 9.59 Å². The summed E-state index contributed by atoms with van der Waals surface area (Å²) >= 11 is 0. The van der Waals surface area contributed by atoms with E-state index in [1.165, 1.54) is 0 Å². The Morgan fingerprint density at radius 2 is 1.77 bits per heavy atom. The Labute approximate surface area is 138 Å². The van der Waals surface area contributed by atoms with Gasteiger partial charge in [-0.2, -0.15) is 0 Å². The monoisotopic (exact) mass is 327 g/mol. The molecular weight excluding hydrogens is 302 g/mol. The third kappa shape index (κ3) is 8.00. The van der Waals surface area contributed by atoms with E-state index in [0.29, 0.717) is 13.0 Å². The Morgan fingerprint density at radius 3 is 2.32 bits per heavy atom. The zero-order chi connectivity index (χ0) is 15.7. The fourth-order valence-corrected chi connectivity index (χ4v) is 1.71. The summed E-state index contributed by atoms with van der Waals surface area (Å²) in [4.78, 5) is 23.1. The van der Waals surface area contributed by atoms with Crippen LogP contribution in [0.1, 0.15) is 32.3 Å². The van der Waals surface area contributed by atoms with Crippen molar-refractivity contribution in [2.24, 2.45) is 5.92 Å². The van der Waals surface area contributed by atoms with Gasteiger partial charge in [0.1, 0.15) is 0 Å². The van der Waals surface area contributed by atoms with E-state index in [4.69, 9.17) is 0 Å². The Hall–Kier alpha value is -1.59. The number of nitrogens with one attached hydrogen (secondary N) is 3. The van der Waals surface area contributed by atoms with Crippen molar-refractivity contribution in [3.8, 4) is 0 Å². The van der Waals surface area contributed by atoms with Gasteiger partial charge in [-0.25, -0.2) is 0 Å². The van der Waals surface area contributed by atoms with Gasteiger partial charge in [-0.05, 0) is 37.7 Å². The molecule has 0 aliphatic carbocycles. The molecular formula is C16H26ClN3O2. The molecule has 0 unspecified atom stereocenters. The molecule has 5 nitrogen and oxygen atoms in total. The predicted molar refractivity (Wildman–Crippen MR) is 92.2 cm³/mol. The summed E-state index contributed by atoms with van der Waals surface area (Å²) in [5.74, 6) is 0.0181. The lowest BCUT2D eigenvalue weighted by atomic mass is 10.1. The lowest BCUT2D eigenvalue weighted by Crippen LogP contribution is -2.23. The highest BCUT2D eigenvalue weighted by Gasteiger charge is 2.07. The van der Waals surface area contributed by atoms with Crippen molar-refractivity contribution in [2.45, 2.75) is 33.2 Å². The summed E-state index contributed by atoms with van der Waals surface area (Å²) in [5, 5.41) is 8.73. The van der Waals surface area contributed by atoms with Gasteiger partial charge >= 0.3 is 0 Å². The topological polar surface area (TPSA) is 70.2 Å². The number of anilines is 1. The third-order valence-electron chi connectivity index (χ3n) is 3.07. The Kier molecular flexibility index (Phi) is 10.2. The second kappa shape index (κ2) is 11.0. The minimum absolute atomic E-state index is 0. The van der Waals surface area contributed by atoms with Crippen LogP contribution in [0.4, 0.5) is 5.69 Å². The number of hydrogen-bond donors (Lipinski definition) is 3. The first-order valence-electron chi connectivity index (χ1n) is 7.34. The van der Waals surface area contributed by atoms with E-state index in [1.807, 2.05) is 45.2 Å². The predicted octanol–water partition coefficient (Wildman–Crippen LogP) is 2.32. The van der Waals surface area contributed by atoms with Crippen LogP contribution in [0.15, 0.2) is 24.3 Å². The normalized spacial score (nSPS) is 10.0. The highest BCUT2D eigenvalue weighted by molar-refractivity contribution is 5.92. The van der Waals surface area contributed by atoms with Gasteiger partial charge < -0.3 is 16.0 Å². The van der Waals surface area contributed by atoms with Crippen molar-refractivity contribution in [3.05, 3.63) is 29.8 Å². The van der Waals surface area contributed by atoms with Gasteiger partial charge in [-0.15, -0.1) is 12.4 Å². The van der Waals surface area contributed by atoms with E-state index in [2.05, 4.69) is 16.0 Å². The highest BCUT2D eigenvalue weighted by Crippen LogP contribution is 2.11. The summed E-state index contributed by atoms with van der Waals surface area (Å²) < 4.78 is 0. The summed E-state index contributed by atoms with van der Waals surface area (Å²) in [5.41, 5.74) is 1.79. The number of carbonyl (C=O) groups is 2. The van der Waals surface area contributed by atoms with Crippen molar-refractivity contribution >= 4 is 29.9 Å². The van der Waals surface area contributed by atoms with Crippen LogP contribution >= 0.6 is 12.4 Å².